The standard InChI is InChI=1S/C18H25NO5/c1-18(2,3)24-17(23)19-10-4-5-13(11-19)15(16(21)22)12-6-8-14(20)9-7-12/h6-9,13,15,20H,4-5,10-11H2,1-3H3,(H,21,22). The third-order valence-electron chi connectivity index (χ3n) is 4.10. The second kappa shape index (κ2) is 7.11. The van der Waals surface area contributed by atoms with Gasteiger partial charge in [0.05, 0.1) is 5.92 Å². The Labute approximate surface area is 142 Å². The van der Waals surface area contributed by atoms with Crippen LogP contribution < -0.4 is 0 Å². The van der Waals surface area contributed by atoms with Gasteiger partial charge in [0.1, 0.15) is 11.4 Å². The van der Waals surface area contributed by atoms with Gasteiger partial charge < -0.3 is 19.8 Å². The highest BCUT2D eigenvalue weighted by molar-refractivity contribution is 5.77. The number of nitrogens with zero attached hydrogens (tertiary/aromatic N) is 1. The van der Waals surface area contributed by atoms with Crippen LogP contribution in [0.3, 0.4) is 0 Å². The molecule has 6 heteroatoms. The molecule has 0 spiro atoms. The summed E-state index contributed by atoms with van der Waals surface area (Å²) in [4.78, 5) is 25.6. The quantitative estimate of drug-likeness (QED) is 0.885. The highest BCUT2D eigenvalue weighted by Gasteiger charge is 2.35. The van der Waals surface area contributed by atoms with Crippen LogP contribution in [0.15, 0.2) is 24.3 Å². The van der Waals surface area contributed by atoms with Gasteiger partial charge in [-0.05, 0) is 57.2 Å². The van der Waals surface area contributed by atoms with Crippen LogP contribution in [-0.2, 0) is 9.53 Å². The lowest BCUT2D eigenvalue weighted by Gasteiger charge is -2.36. The number of amides is 1. The van der Waals surface area contributed by atoms with E-state index in [0.717, 1.165) is 12.8 Å². The lowest BCUT2D eigenvalue weighted by molar-refractivity contribution is -0.140. The number of phenolic OH excluding ortho intramolecular Hbond substituents is 1. The van der Waals surface area contributed by atoms with Crippen LogP contribution in [0.4, 0.5) is 4.79 Å². The van der Waals surface area contributed by atoms with Gasteiger partial charge in [0.25, 0.3) is 0 Å². The minimum absolute atomic E-state index is 0.0990. The van der Waals surface area contributed by atoms with E-state index in [-0.39, 0.29) is 11.7 Å². The molecule has 2 unspecified atom stereocenters. The van der Waals surface area contributed by atoms with Crippen LogP contribution in [0.25, 0.3) is 0 Å². The van der Waals surface area contributed by atoms with Crippen molar-refractivity contribution in [1.82, 2.24) is 4.90 Å². The van der Waals surface area contributed by atoms with Gasteiger partial charge in [0.2, 0.25) is 0 Å². The van der Waals surface area contributed by atoms with E-state index in [0.29, 0.717) is 18.7 Å². The van der Waals surface area contributed by atoms with Gasteiger partial charge in [-0.15, -0.1) is 0 Å². The van der Waals surface area contributed by atoms with Crippen LogP contribution in [0.2, 0.25) is 0 Å². The van der Waals surface area contributed by atoms with Crippen LogP contribution in [0.5, 0.6) is 5.75 Å². The molecular weight excluding hydrogens is 310 g/mol. The first-order chi connectivity index (χ1) is 11.2. The molecule has 0 aliphatic carbocycles. The number of benzene rings is 1. The average molecular weight is 335 g/mol. The number of piperidine rings is 1. The lowest BCUT2D eigenvalue weighted by Crippen LogP contribution is -2.45. The summed E-state index contributed by atoms with van der Waals surface area (Å²) in [5.41, 5.74) is 0.0593. The summed E-state index contributed by atoms with van der Waals surface area (Å²) in [6.45, 7) is 6.36. The number of carbonyl (C=O) groups excluding carboxylic acids is 1. The van der Waals surface area contributed by atoms with Crippen molar-refractivity contribution in [3.05, 3.63) is 29.8 Å². The number of aliphatic carboxylic acids is 1. The summed E-state index contributed by atoms with van der Waals surface area (Å²) in [6, 6.07) is 6.22. The van der Waals surface area contributed by atoms with E-state index in [2.05, 4.69) is 0 Å². The molecule has 0 aromatic heterocycles. The van der Waals surface area contributed by atoms with Crippen molar-refractivity contribution < 1.29 is 24.5 Å². The fraction of sp³-hybridized carbons (Fsp3) is 0.556. The van der Waals surface area contributed by atoms with Gasteiger partial charge in [-0.2, -0.15) is 0 Å². The molecule has 0 radical (unpaired) electrons. The Balaban J connectivity index is 2.14. The number of rotatable bonds is 3. The van der Waals surface area contributed by atoms with Crippen molar-refractivity contribution >= 4 is 12.1 Å². The molecule has 1 aromatic rings. The number of hydrogen-bond donors (Lipinski definition) is 2. The van der Waals surface area contributed by atoms with Crippen molar-refractivity contribution in [1.29, 1.82) is 0 Å². The van der Waals surface area contributed by atoms with Crippen molar-refractivity contribution in [3.63, 3.8) is 0 Å². The van der Waals surface area contributed by atoms with E-state index in [1.54, 1.807) is 17.0 Å². The molecule has 24 heavy (non-hydrogen) atoms. The van der Waals surface area contributed by atoms with Crippen LogP contribution in [0, 0.1) is 5.92 Å². The zero-order valence-electron chi connectivity index (χ0n) is 14.4. The molecule has 1 aliphatic rings. The predicted octanol–water partition coefficient (Wildman–Crippen LogP) is 3.21. The topological polar surface area (TPSA) is 87.1 Å². The minimum Gasteiger partial charge on any atom is -0.508 e. The first-order valence-corrected chi connectivity index (χ1v) is 8.17. The molecule has 1 amide bonds. The maximum Gasteiger partial charge on any atom is 0.410 e. The van der Waals surface area contributed by atoms with Crippen molar-refractivity contribution in [2.75, 3.05) is 13.1 Å². The number of carboxylic acid groups (broad SMARTS) is 1. The lowest BCUT2D eigenvalue weighted by atomic mass is 9.81. The van der Waals surface area contributed by atoms with Gasteiger partial charge in [-0.25, -0.2) is 4.79 Å². The number of likely N-dealkylation sites (tertiary alicyclic amines) is 1. The summed E-state index contributed by atoms with van der Waals surface area (Å²) in [5.74, 6) is -1.72. The van der Waals surface area contributed by atoms with Gasteiger partial charge >= 0.3 is 12.1 Å². The molecule has 1 heterocycles. The monoisotopic (exact) mass is 335 g/mol. The number of carbonyl (C=O) groups is 2. The van der Waals surface area contributed by atoms with Crippen LogP contribution >= 0.6 is 0 Å². The zero-order valence-corrected chi connectivity index (χ0v) is 14.4. The van der Waals surface area contributed by atoms with Crippen molar-refractivity contribution in [2.45, 2.75) is 45.1 Å². The number of carboxylic acids is 1. The van der Waals surface area contributed by atoms with E-state index < -0.39 is 23.6 Å². The highest BCUT2D eigenvalue weighted by atomic mass is 16.6. The van der Waals surface area contributed by atoms with Crippen LogP contribution in [-0.4, -0.2) is 45.9 Å². The summed E-state index contributed by atoms with van der Waals surface area (Å²) >= 11 is 0. The Hall–Kier alpha value is -2.24. The number of aromatic hydroxyl groups is 1. The first kappa shape index (κ1) is 18.1. The molecule has 0 bridgehead atoms. The molecule has 2 N–H and O–H groups in total. The maximum atomic E-state index is 12.3. The predicted molar refractivity (Wildman–Crippen MR) is 89.0 cm³/mol. The highest BCUT2D eigenvalue weighted by Crippen LogP contribution is 2.33. The Kier molecular flexibility index (Phi) is 5.36. The summed E-state index contributed by atoms with van der Waals surface area (Å²) < 4.78 is 5.39. The van der Waals surface area contributed by atoms with Gasteiger partial charge in [-0.1, -0.05) is 12.1 Å². The molecule has 1 aliphatic heterocycles. The molecule has 6 nitrogen and oxygen atoms in total. The molecular formula is C18H25NO5. The van der Waals surface area contributed by atoms with E-state index in [9.17, 15) is 19.8 Å². The number of ether oxygens (including phenoxy) is 1. The van der Waals surface area contributed by atoms with E-state index in [1.165, 1.54) is 12.1 Å². The number of phenols is 1. The summed E-state index contributed by atoms with van der Waals surface area (Å²) in [6.07, 6.45) is 1.07. The fourth-order valence-electron chi connectivity index (χ4n) is 3.07. The second-order valence-corrected chi connectivity index (χ2v) is 7.24. The summed E-state index contributed by atoms with van der Waals surface area (Å²) in [5, 5.41) is 19.1. The Morgan fingerprint density at radius 2 is 1.88 bits per heavy atom. The SMILES string of the molecule is CC(C)(C)OC(=O)N1CCCC(C(C(=O)O)c2ccc(O)cc2)C1. The maximum absolute atomic E-state index is 12.3. The minimum atomic E-state index is -0.920. The van der Waals surface area contributed by atoms with Gasteiger partial charge in [-0.3, -0.25) is 4.79 Å². The third kappa shape index (κ3) is 4.63. The zero-order chi connectivity index (χ0) is 17.9. The van der Waals surface area contributed by atoms with Gasteiger partial charge in [0, 0.05) is 13.1 Å². The molecule has 1 saturated heterocycles. The Morgan fingerprint density at radius 3 is 2.42 bits per heavy atom. The molecule has 2 atom stereocenters. The van der Waals surface area contributed by atoms with Crippen molar-refractivity contribution in [2.24, 2.45) is 5.92 Å². The normalized spacial score (nSPS) is 19.6. The number of hydrogen-bond acceptors (Lipinski definition) is 4. The smallest absolute Gasteiger partial charge is 0.410 e. The molecule has 1 fully saturated rings. The van der Waals surface area contributed by atoms with Crippen molar-refractivity contribution in [3.8, 4) is 5.75 Å². The summed E-state index contributed by atoms with van der Waals surface area (Å²) in [7, 11) is 0. The molecule has 1 aromatic carbocycles. The first-order valence-electron chi connectivity index (χ1n) is 8.17. The fourth-order valence-corrected chi connectivity index (χ4v) is 3.07. The molecule has 132 valence electrons. The Bertz CT molecular complexity index is 590. The van der Waals surface area contributed by atoms with E-state index in [4.69, 9.17) is 4.74 Å². The van der Waals surface area contributed by atoms with E-state index >= 15 is 0 Å². The second-order valence-electron chi connectivity index (χ2n) is 7.24. The largest absolute Gasteiger partial charge is 0.508 e. The average Bonchev–Trinajstić information content (AvgIpc) is 2.48. The van der Waals surface area contributed by atoms with E-state index in [1.807, 2.05) is 20.8 Å². The molecule has 0 saturated carbocycles. The molecule has 2 rings (SSSR count). The third-order valence-corrected chi connectivity index (χ3v) is 4.10. The van der Waals surface area contributed by atoms with Crippen LogP contribution in [0.1, 0.15) is 45.1 Å². The van der Waals surface area contributed by atoms with Gasteiger partial charge in [0.15, 0.2) is 0 Å². The Morgan fingerprint density at radius 1 is 1.25 bits per heavy atom.